The van der Waals surface area contributed by atoms with Crippen molar-refractivity contribution in [3.63, 3.8) is 0 Å². The van der Waals surface area contributed by atoms with Gasteiger partial charge in [-0.3, -0.25) is 0 Å². The van der Waals surface area contributed by atoms with Crippen LogP contribution < -0.4 is 0 Å². The monoisotopic (exact) mass is 419 g/mol. The van der Waals surface area contributed by atoms with Crippen molar-refractivity contribution in [3.05, 3.63) is 49.9 Å². The Morgan fingerprint density at radius 3 is 2.45 bits per heavy atom. The maximum atomic E-state index is 10.1. The van der Waals surface area contributed by atoms with Crippen molar-refractivity contribution in [2.45, 2.75) is 0 Å². The molecule has 2 N–H and O–H groups in total. The van der Waals surface area contributed by atoms with E-state index in [-0.39, 0.29) is 11.3 Å². The number of halogens is 2. The van der Waals surface area contributed by atoms with Gasteiger partial charge < -0.3 is 10.3 Å². The topological polar surface area (TPSA) is 100 Å². The van der Waals surface area contributed by atoms with Gasteiger partial charge in [0.2, 0.25) is 0 Å². The Balaban J connectivity index is 2.86. The minimum atomic E-state index is -0.0432. The lowest BCUT2D eigenvalue weighted by molar-refractivity contribution is 0.322. The summed E-state index contributed by atoms with van der Waals surface area (Å²) in [5.41, 5.74) is 2.11. The van der Waals surface area contributed by atoms with Gasteiger partial charge in [-0.05, 0) is 50.1 Å². The number of nitrogens with zero attached hydrogens (tertiary/aromatic N) is 3. The van der Waals surface area contributed by atoms with Crippen LogP contribution in [0, 0.1) is 22.7 Å². The van der Waals surface area contributed by atoms with Crippen molar-refractivity contribution < 1.29 is 10.3 Å². The zero-order valence-electron chi connectivity index (χ0n) is 10.9. The van der Waals surface area contributed by atoms with Crippen LogP contribution in [0.2, 0.25) is 0 Å². The highest BCUT2D eigenvalue weighted by molar-refractivity contribution is 9.11. The predicted octanol–water partition coefficient (Wildman–Crippen LogP) is 4.14. The second-order valence-corrected chi connectivity index (χ2v) is 5.86. The summed E-state index contributed by atoms with van der Waals surface area (Å²) in [4.78, 5) is 0. The first kappa shape index (κ1) is 16.0. The zero-order chi connectivity index (χ0) is 16.3. The third kappa shape index (κ3) is 2.82. The number of oxime groups is 1. The number of aromatic hydroxyl groups is 1. The van der Waals surface area contributed by atoms with Crippen molar-refractivity contribution in [1.29, 1.82) is 10.5 Å². The fourth-order valence-electron chi connectivity index (χ4n) is 1.99. The van der Waals surface area contributed by atoms with Gasteiger partial charge in [0, 0.05) is 16.7 Å². The third-order valence-electron chi connectivity index (χ3n) is 2.96. The van der Waals surface area contributed by atoms with Crippen molar-refractivity contribution in [3.8, 4) is 29.0 Å². The molecule has 0 aliphatic rings. The zero-order valence-corrected chi connectivity index (χ0v) is 14.1. The highest BCUT2D eigenvalue weighted by Gasteiger charge is 2.18. The largest absolute Gasteiger partial charge is 0.506 e. The SMILES string of the molecule is N#Cc1ccc(-c2c(C=NO)cc(Br)c(O)c2Br)c(C#N)c1. The Bertz CT molecular complexity index is 865. The van der Waals surface area contributed by atoms with E-state index in [1.807, 2.05) is 12.1 Å². The average Bonchev–Trinajstić information content (AvgIpc) is 2.53. The molecule has 5 nitrogen and oxygen atoms in total. The summed E-state index contributed by atoms with van der Waals surface area (Å²) in [7, 11) is 0. The van der Waals surface area contributed by atoms with E-state index in [1.54, 1.807) is 18.2 Å². The Morgan fingerprint density at radius 1 is 1.14 bits per heavy atom. The fourth-order valence-corrected chi connectivity index (χ4v) is 3.36. The normalized spacial score (nSPS) is 10.4. The van der Waals surface area contributed by atoms with E-state index in [4.69, 9.17) is 10.5 Å². The maximum Gasteiger partial charge on any atom is 0.144 e. The van der Waals surface area contributed by atoms with Gasteiger partial charge >= 0.3 is 0 Å². The Hall–Kier alpha value is -2.35. The Kier molecular flexibility index (Phi) is 4.81. The molecule has 22 heavy (non-hydrogen) atoms. The molecular weight excluding hydrogens is 414 g/mol. The lowest BCUT2D eigenvalue weighted by Crippen LogP contribution is -1.95. The molecule has 0 atom stereocenters. The van der Waals surface area contributed by atoms with E-state index in [9.17, 15) is 10.4 Å². The number of nitriles is 2. The van der Waals surface area contributed by atoms with Crippen LogP contribution in [0.25, 0.3) is 11.1 Å². The van der Waals surface area contributed by atoms with Gasteiger partial charge in [0.15, 0.2) is 0 Å². The van der Waals surface area contributed by atoms with Crippen LogP contribution in [0.1, 0.15) is 16.7 Å². The molecule has 0 radical (unpaired) electrons. The van der Waals surface area contributed by atoms with Crippen LogP contribution in [0.4, 0.5) is 0 Å². The Labute approximate surface area is 143 Å². The van der Waals surface area contributed by atoms with Gasteiger partial charge in [-0.25, -0.2) is 0 Å². The molecule has 7 heteroatoms. The molecular formula is C15H7Br2N3O2. The number of hydrogen-bond donors (Lipinski definition) is 2. The first-order valence-electron chi connectivity index (χ1n) is 5.86. The van der Waals surface area contributed by atoms with E-state index in [1.165, 1.54) is 12.3 Å². The van der Waals surface area contributed by atoms with Gasteiger partial charge in [-0.15, -0.1) is 0 Å². The first-order valence-corrected chi connectivity index (χ1v) is 7.45. The number of benzene rings is 2. The smallest absolute Gasteiger partial charge is 0.144 e. The van der Waals surface area contributed by atoms with Crippen molar-refractivity contribution in [2.75, 3.05) is 0 Å². The lowest BCUT2D eigenvalue weighted by Gasteiger charge is -2.13. The molecule has 0 aliphatic heterocycles. The van der Waals surface area contributed by atoms with Crippen LogP contribution in [0.15, 0.2) is 38.4 Å². The van der Waals surface area contributed by atoms with Crippen LogP contribution in [-0.4, -0.2) is 16.5 Å². The molecule has 0 aliphatic carbocycles. The third-order valence-corrected chi connectivity index (χ3v) is 4.34. The highest BCUT2D eigenvalue weighted by Crippen LogP contribution is 2.43. The fraction of sp³-hybridized carbons (Fsp3) is 0. The van der Waals surface area contributed by atoms with Crippen molar-refractivity contribution in [1.82, 2.24) is 0 Å². The minimum absolute atomic E-state index is 0.0432. The molecule has 0 aromatic heterocycles. The molecule has 0 heterocycles. The van der Waals surface area contributed by atoms with E-state index in [0.29, 0.717) is 31.2 Å². The van der Waals surface area contributed by atoms with E-state index in [2.05, 4.69) is 37.0 Å². The number of hydrogen-bond acceptors (Lipinski definition) is 5. The summed E-state index contributed by atoms with van der Waals surface area (Å²) in [6, 6.07) is 10.2. The quantitative estimate of drug-likeness (QED) is 0.433. The maximum absolute atomic E-state index is 10.1. The second-order valence-electron chi connectivity index (χ2n) is 4.21. The lowest BCUT2D eigenvalue weighted by atomic mass is 9.94. The molecule has 0 bridgehead atoms. The molecule has 2 aromatic carbocycles. The van der Waals surface area contributed by atoms with Crippen LogP contribution >= 0.6 is 31.9 Å². The van der Waals surface area contributed by atoms with Gasteiger partial charge in [-0.2, -0.15) is 10.5 Å². The van der Waals surface area contributed by atoms with Crippen molar-refractivity contribution in [2.24, 2.45) is 5.16 Å². The second kappa shape index (κ2) is 6.61. The standard InChI is InChI=1S/C15H7Br2N3O2/c16-12-4-10(7-20-22)13(14(17)15(12)21)11-2-1-8(5-18)3-9(11)6-19/h1-4,7,21-22H. The van der Waals surface area contributed by atoms with Crippen LogP contribution in [0.5, 0.6) is 5.75 Å². The highest BCUT2D eigenvalue weighted by atomic mass is 79.9. The predicted molar refractivity (Wildman–Crippen MR) is 87.8 cm³/mol. The summed E-state index contributed by atoms with van der Waals surface area (Å²) in [6.07, 6.45) is 1.20. The number of phenolic OH excluding ortho intramolecular Hbond substituents is 1. The summed E-state index contributed by atoms with van der Waals surface area (Å²) in [5.74, 6) is -0.0432. The Morgan fingerprint density at radius 2 is 1.86 bits per heavy atom. The molecule has 2 aromatic rings. The molecule has 0 spiro atoms. The first-order chi connectivity index (χ1) is 10.5. The molecule has 0 unspecified atom stereocenters. The van der Waals surface area contributed by atoms with E-state index >= 15 is 0 Å². The van der Waals surface area contributed by atoms with Crippen molar-refractivity contribution >= 4 is 38.1 Å². The van der Waals surface area contributed by atoms with Gasteiger partial charge in [0.05, 0.1) is 38.4 Å². The molecule has 0 fully saturated rings. The van der Waals surface area contributed by atoms with E-state index in [0.717, 1.165) is 0 Å². The summed E-state index contributed by atoms with van der Waals surface area (Å²) < 4.78 is 0.753. The molecule has 2 rings (SSSR count). The van der Waals surface area contributed by atoms with Crippen LogP contribution in [-0.2, 0) is 0 Å². The van der Waals surface area contributed by atoms with Gasteiger partial charge in [-0.1, -0.05) is 11.2 Å². The number of rotatable bonds is 2. The molecule has 0 saturated carbocycles. The average molecular weight is 421 g/mol. The summed E-state index contributed by atoms with van der Waals surface area (Å²) in [5, 5.41) is 40.1. The summed E-state index contributed by atoms with van der Waals surface area (Å²) >= 11 is 6.49. The molecule has 108 valence electrons. The van der Waals surface area contributed by atoms with E-state index < -0.39 is 0 Å². The molecule has 0 amide bonds. The molecule has 0 saturated heterocycles. The minimum Gasteiger partial charge on any atom is -0.506 e. The van der Waals surface area contributed by atoms with Gasteiger partial charge in [0.1, 0.15) is 5.75 Å². The summed E-state index contributed by atoms with van der Waals surface area (Å²) in [6.45, 7) is 0. The number of phenols is 1. The van der Waals surface area contributed by atoms with Crippen LogP contribution in [0.3, 0.4) is 0 Å². The van der Waals surface area contributed by atoms with Gasteiger partial charge in [0.25, 0.3) is 0 Å².